The van der Waals surface area contributed by atoms with Gasteiger partial charge in [-0.2, -0.15) is 5.26 Å². The van der Waals surface area contributed by atoms with E-state index in [-0.39, 0.29) is 12.6 Å². The lowest BCUT2D eigenvalue weighted by atomic mass is 10.0. The van der Waals surface area contributed by atoms with E-state index in [4.69, 9.17) is 5.11 Å². The SMILES string of the molecule is Cc1cccc(C(C#N)N2CCN(CCO)CC2)c1. The van der Waals surface area contributed by atoms with Gasteiger partial charge in [0.15, 0.2) is 0 Å². The number of aliphatic hydroxyl groups excluding tert-OH is 1. The first-order valence-corrected chi connectivity index (χ1v) is 6.78. The summed E-state index contributed by atoms with van der Waals surface area (Å²) in [4.78, 5) is 4.46. The molecule has 1 heterocycles. The number of hydrogen-bond donors (Lipinski definition) is 1. The maximum Gasteiger partial charge on any atom is 0.123 e. The van der Waals surface area contributed by atoms with Crippen LogP contribution in [0.5, 0.6) is 0 Å². The van der Waals surface area contributed by atoms with Crippen LogP contribution in [0.1, 0.15) is 17.2 Å². The Hall–Kier alpha value is -1.41. The molecular formula is C15H21N3O. The van der Waals surface area contributed by atoms with Gasteiger partial charge in [0.2, 0.25) is 0 Å². The molecule has 4 heteroatoms. The van der Waals surface area contributed by atoms with Gasteiger partial charge in [0.25, 0.3) is 0 Å². The summed E-state index contributed by atoms with van der Waals surface area (Å²) in [5.41, 5.74) is 2.27. The fraction of sp³-hybridized carbons (Fsp3) is 0.533. The number of nitrogens with zero attached hydrogens (tertiary/aromatic N) is 3. The molecule has 102 valence electrons. The Bertz CT molecular complexity index is 447. The number of hydrogen-bond acceptors (Lipinski definition) is 4. The van der Waals surface area contributed by atoms with Crippen LogP contribution in [0.3, 0.4) is 0 Å². The molecule has 1 aromatic rings. The monoisotopic (exact) mass is 259 g/mol. The Morgan fingerprint density at radius 3 is 2.63 bits per heavy atom. The van der Waals surface area contributed by atoms with Gasteiger partial charge in [-0.25, -0.2) is 0 Å². The number of aryl methyl sites for hydroxylation is 1. The van der Waals surface area contributed by atoms with Gasteiger partial charge in [0, 0.05) is 32.7 Å². The second-order valence-corrected chi connectivity index (χ2v) is 5.05. The first-order chi connectivity index (χ1) is 9.24. The van der Waals surface area contributed by atoms with E-state index in [9.17, 15) is 5.26 Å². The van der Waals surface area contributed by atoms with Crippen molar-refractivity contribution in [2.75, 3.05) is 39.3 Å². The smallest absolute Gasteiger partial charge is 0.123 e. The van der Waals surface area contributed by atoms with Crippen molar-refractivity contribution in [3.05, 3.63) is 35.4 Å². The Kier molecular flexibility index (Phi) is 4.92. The molecule has 1 N–H and O–H groups in total. The van der Waals surface area contributed by atoms with Gasteiger partial charge >= 0.3 is 0 Å². The van der Waals surface area contributed by atoms with Crippen LogP contribution < -0.4 is 0 Å². The molecule has 0 aromatic heterocycles. The van der Waals surface area contributed by atoms with E-state index < -0.39 is 0 Å². The molecule has 1 aromatic carbocycles. The topological polar surface area (TPSA) is 50.5 Å². The molecule has 19 heavy (non-hydrogen) atoms. The Balaban J connectivity index is 2.02. The van der Waals surface area contributed by atoms with Gasteiger partial charge < -0.3 is 5.11 Å². The van der Waals surface area contributed by atoms with Gasteiger partial charge in [-0.05, 0) is 12.5 Å². The molecule has 0 saturated carbocycles. The maximum absolute atomic E-state index is 9.45. The van der Waals surface area contributed by atoms with Crippen molar-refractivity contribution in [2.24, 2.45) is 0 Å². The standard InChI is InChI=1S/C15H21N3O/c1-13-3-2-4-14(11-13)15(12-16)18-7-5-17(6-8-18)9-10-19/h2-4,11,15,19H,5-10H2,1H3. The molecule has 4 nitrogen and oxygen atoms in total. The van der Waals surface area contributed by atoms with Crippen LogP contribution in [-0.2, 0) is 0 Å². The number of aliphatic hydroxyl groups is 1. The van der Waals surface area contributed by atoms with Crippen LogP contribution in [0.25, 0.3) is 0 Å². The third-order valence-corrected chi connectivity index (χ3v) is 3.67. The van der Waals surface area contributed by atoms with Crippen molar-refractivity contribution in [3.8, 4) is 6.07 Å². The molecule has 1 atom stereocenters. The third-order valence-electron chi connectivity index (χ3n) is 3.67. The summed E-state index contributed by atoms with van der Waals surface area (Å²) in [6.45, 7) is 6.60. The highest BCUT2D eigenvalue weighted by Gasteiger charge is 2.24. The van der Waals surface area contributed by atoms with Gasteiger partial charge in [-0.15, -0.1) is 0 Å². The van der Waals surface area contributed by atoms with Crippen LogP contribution in [0.4, 0.5) is 0 Å². The summed E-state index contributed by atoms with van der Waals surface area (Å²) in [6.07, 6.45) is 0. The van der Waals surface area contributed by atoms with E-state index in [0.29, 0.717) is 0 Å². The molecule has 1 fully saturated rings. The largest absolute Gasteiger partial charge is 0.395 e. The number of β-amino-alcohol motifs (C(OH)–C–C–N with tert-alkyl or cyclic N) is 1. The first kappa shape index (κ1) is 14.0. The van der Waals surface area contributed by atoms with Gasteiger partial charge in [-0.1, -0.05) is 29.8 Å². The molecule has 0 amide bonds. The molecular weight excluding hydrogens is 238 g/mol. The van der Waals surface area contributed by atoms with Gasteiger partial charge in [-0.3, -0.25) is 9.80 Å². The summed E-state index contributed by atoms with van der Waals surface area (Å²) in [5, 5.41) is 18.4. The quantitative estimate of drug-likeness (QED) is 0.882. The number of nitriles is 1. The number of rotatable bonds is 4. The zero-order chi connectivity index (χ0) is 13.7. The molecule has 0 radical (unpaired) electrons. The minimum atomic E-state index is -0.156. The summed E-state index contributed by atoms with van der Waals surface area (Å²) < 4.78 is 0. The van der Waals surface area contributed by atoms with Crippen molar-refractivity contribution in [2.45, 2.75) is 13.0 Å². The minimum absolute atomic E-state index is 0.156. The van der Waals surface area contributed by atoms with E-state index in [2.05, 4.69) is 34.9 Å². The minimum Gasteiger partial charge on any atom is -0.395 e. The highest BCUT2D eigenvalue weighted by atomic mass is 16.3. The average Bonchev–Trinajstić information content (AvgIpc) is 2.42. The van der Waals surface area contributed by atoms with Crippen LogP contribution in [0.2, 0.25) is 0 Å². The van der Waals surface area contributed by atoms with Crippen molar-refractivity contribution in [1.82, 2.24) is 9.80 Å². The number of piperazine rings is 1. The van der Waals surface area contributed by atoms with Crippen molar-refractivity contribution in [1.29, 1.82) is 5.26 Å². The molecule has 0 aliphatic carbocycles. The predicted octanol–water partition coefficient (Wildman–Crippen LogP) is 1.17. The highest BCUT2D eigenvalue weighted by Crippen LogP contribution is 2.22. The van der Waals surface area contributed by atoms with Gasteiger partial charge in [0.1, 0.15) is 6.04 Å². The van der Waals surface area contributed by atoms with Crippen molar-refractivity contribution in [3.63, 3.8) is 0 Å². The molecule has 1 unspecified atom stereocenters. The summed E-state index contributed by atoms with van der Waals surface area (Å²) in [5.74, 6) is 0. The van der Waals surface area contributed by atoms with Crippen LogP contribution in [0.15, 0.2) is 24.3 Å². The Morgan fingerprint density at radius 2 is 2.05 bits per heavy atom. The normalized spacial score (nSPS) is 19.0. The summed E-state index contributed by atoms with van der Waals surface area (Å²) in [6, 6.07) is 10.4. The lowest BCUT2D eigenvalue weighted by molar-refractivity contribution is 0.0982. The van der Waals surface area contributed by atoms with E-state index in [1.54, 1.807) is 0 Å². The van der Waals surface area contributed by atoms with Crippen LogP contribution >= 0.6 is 0 Å². The van der Waals surface area contributed by atoms with Crippen LogP contribution in [0, 0.1) is 18.3 Å². The number of benzene rings is 1. The second-order valence-electron chi connectivity index (χ2n) is 5.05. The summed E-state index contributed by atoms with van der Waals surface area (Å²) >= 11 is 0. The average molecular weight is 259 g/mol. The zero-order valence-electron chi connectivity index (χ0n) is 11.4. The van der Waals surface area contributed by atoms with Crippen molar-refractivity contribution < 1.29 is 5.11 Å². The molecule has 1 aliphatic rings. The summed E-state index contributed by atoms with van der Waals surface area (Å²) in [7, 11) is 0. The molecule has 2 rings (SSSR count). The van der Waals surface area contributed by atoms with E-state index in [1.165, 1.54) is 5.56 Å². The molecule has 1 saturated heterocycles. The predicted molar refractivity (Wildman–Crippen MR) is 74.6 cm³/mol. The van der Waals surface area contributed by atoms with E-state index in [0.717, 1.165) is 38.3 Å². The lowest BCUT2D eigenvalue weighted by Gasteiger charge is -2.36. The van der Waals surface area contributed by atoms with Crippen molar-refractivity contribution >= 4 is 0 Å². The molecule has 1 aliphatic heterocycles. The van der Waals surface area contributed by atoms with Crippen LogP contribution in [-0.4, -0.2) is 54.2 Å². The van der Waals surface area contributed by atoms with E-state index in [1.807, 2.05) is 12.1 Å². The highest BCUT2D eigenvalue weighted by molar-refractivity contribution is 5.28. The van der Waals surface area contributed by atoms with Gasteiger partial charge in [0.05, 0.1) is 12.7 Å². The Morgan fingerprint density at radius 1 is 1.32 bits per heavy atom. The Labute approximate surface area is 114 Å². The lowest BCUT2D eigenvalue weighted by Crippen LogP contribution is -2.48. The molecule has 0 spiro atoms. The fourth-order valence-corrected chi connectivity index (χ4v) is 2.59. The third kappa shape index (κ3) is 3.54. The zero-order valence-corrected chi connectivity index (χ0v) is 11.4. The molecule has 0 bridgehead atoms. The second kappa shape index (κ2) is 6.67. The maximum atomic E-state index is 9.45. The van der Waals surface area contributed by atoms with E-state index >= 15 is 0 Å². The fourth-order valence-electron chi connectivity index (χ4n) is 2.59. The first-order valence-electron chi connectivity index (χ1n) is 6.78.